The van der Waals surface area contributed by atoms with Gasteiger partial charge in [0.2, 0.25) is 0 Å². The molecule has 0 spiro atoms. The van der Waals surface area contributed by atoms with E-state index in [1.54, 1.807) is 7.11 Å². The van der Waals surface area contributed by atoms with Crippen LogP contribution in [0.3, 0.4) is 0 Å². The third kappa shape index (κ3) is 2.33. The van der Waals surface area contributed by atoms with Gasteiger partial charge >= 0.3 is 0 Å². The molecule has 0 aliphatic carbocycles. The third-order valence-electron chi connectivity index (χ3n) is 3.50. The van der Waals surface area contributed by atoms with Crippen LogP contribution in [0.15, 0.2) is 30.7 Å². The molecular weight excluding hydrogens is 262 g/mol. The zero-order valence-electron chi connectivity index (χ0n) is 10.8. The standard InChI is InChI=1S/C14H16ClN3O/c1-19-14-5-4-10(7-11(14)15)18-9-16-8-13(18)12-3-2-6-17-12/h4-5,7-9,12,17H,2-3,6H2,1H3/t12-/m0/s1. The molecule has 2 heterocycles. The molecule has 3 rings (SSSR count). The fourth-order valence-electron chi connectivity index (χ4n) is 2.52. The molecule has 1 fully saturated rings. The van der Waals surface area contributed by atoms with Gasteiger partial charge in [0, 0.05) is 11.7 Å². The van der Waals surface area contributed by atoms with Gasteiger partial charge in [-0.25, -0.2) is 4.98 Å². The van der Waals surface area contributed by atoms with Gasteiger partial charge in [-0.1, -0.05) is 11.6 Å². The minimum atomic E-state index is 0.378. The lowest BCUT2D eigenvalue weighted by atomic mass is 10.1. The van der Waals surface area contributed by atoms with Crippen molar-refractivity contribution in [2.75, 3.05) is 13.7 Å². The Bertz CT molecular complexity index is 576. The Morgan fingerprint density at radius 3 is 3.05 bits per heavy atom. The molecule has 5 heteroatoms. The van der Waals surface area contributed by atoms with Gasteiger partial charge in [-0.15, -0.1) is 0 Å². The summed E-state index contributed by atoms with van der Waals surface area (Å²) < 4.78 is 7.26. The lowest BCUT2D eigenvalue weighted by Gasteiger charge is -2.14. The number of hydrogen-bond donors (Lipinski definition) is 1. The zero-order chi connectivity index (χ0) is 13.2. The highest BCUT2D eigenvalue weighted by atomic mass is 35.5. The van der Waals surface area contributed by atoms with Crippen molar-refractivity contribution in [1.82, 2.24) is 14.9 Å². The van der Waals surface area contributed by atoms with Crippen LogP contribution in [0.5, 0.6) is 5.75 Å². The van der Waals surface area contributed by atoms with E-state index >= 15 is 0 Å². The second kappa shape index (κ2) is 5.23. The Kier molecular flexibility index (Phi) is 3.44. The van der Waals surface area contributed by atoms with Crippen LogP contribution in [-0.4, -0.2) is 23.2 Å². The van der Waals surface area contributed by atoms with E-state index in [-0.39, 0.29) is 0 Å². The Labute approximate surface area is 117 Å². The number of nitrogens with zero attached hydrogens (tertiary/aromatic N) is 2. The first-order valence-corrected chi connectivity index (χ1v) is 6.77. The smallest absolute Gasteiger partial charge is 0.137 e. The van der Waals surface area contributed by atoms with Crippen molar-refractivity contribution in [2.24, 2.45) is 0 Å². The van der Waals surface area contributed by atoms with E-state index in [1.165, 1.54) is 12.1 Å². The summed E-state index contributed by atoms with van der Waals surface area (Å²) in [5, 5.41) is 4.10. The van der Waals surface area contributed by atoms with Gasteiger partial charge in [0.05, 0.1) is 30.4 Å². The summed E-state index contributed by atoms with van der Waals surface area (Å²) in [6.45, 7) is 1.07. The zero-order valence-corrected chi connectivity index (χ0v) is 11.5. The number of hydrogen-bond acceptors (Lipinski definition) is 3. The summed E-state index contributed by atoms with van der Waals surface area (Å²) in [5.74, 6) is 0.686. The Hall–Kier alpha value is -1.52. The molecule has 0 saturated carbocycles. The van der Waals surface area contributed by atoms with Gasteiger partial charge in [0.25, 0.3) is 0 Å². The number of benzene rings is 1. The van der Waals surface area contributed by atoms with Crippen LogP contribution < -0.4 is 10.1 Å². The lowest BCUT2D eigenvalue weighted by Crippen LogP contribution is -2.16. The summed E-state index contributed by atoms with van der Waals surface area (Å²) in [7, 11) is 1.62. The van der Waals surface area contributed by atoms with Crippen LogP contribution in [0, 0.1) is 0 Å². The molecule has 0 radical (unpaired) electrons. The second-order valence-corrected chi connectivity index (χ2v) is 5.06. The Balaban J connectivity index is 1.98. The molecule has 1 aliphatic heterocycles. The second-order valence-electron chi connectivity index (χ2n) is 4.66. The van der Waals surface area contributed by atoms with Gasteiger partial charge in [-0.05, 0) is 37.6 Å². The van der Waals surface area contributed by atoms with Crippen LogP contribution in [0.25, 0.3) is 5.69 Å². The van der Waals surface area contributed by atoms with Gasteiger partial charge in [-0.3, -0.25) is 0 Å². The molecule has 0 unspecified atom stereocenters. The number of methoxy groups -OCH3 is 1. The van der Waals surface area contributed by atoms with Crippen LogP contribution in [0.4, 0.5) is 0 Å². The van der Waals surface area contributed by atoms with Crippen molar-refractivity contribution in [3.63, 3.8) is 0 Å². The summed E-state index contributed by atoms with van der Waals surface area (Å²) >= 11 is 6.18. The van der Waals surface area contributed by atoms with Crippen molar-refractivity contribution in [2.45, 2.75) is 18.9 Å². The molecule has 0 amide bonds. The van der Waals surface area contributed by atoms with Crippen molar-refractivity contribution in [1.29, 1.82) is 0 Å². The number of imidazole rings is 1. The quantitative estimate of drug-likeness (QED) is 0.937. The average molecular weight is 278 g/mol. The number of aromatic nitrogens is 2. The first-order valence-electron chi connectivity index (χ1n) is 6.39. The maximum atomic E-state index is 6.18. The van der Waals surface area contributed by atoms with Crippen molar-refractivity contribution >= 4 is 11.6 Å². The van der Waals surface area contributed by atoms with Gasteiger partial charge in [0.1, 0.15) is 5.75 Å². The summed E-state index contributed by atoms with van der Waals surface area (Å²) in [6.07, 6.45) is 6.10. The van der Waals surface area contributed by atoms with Crippen LogP contribution in [0.2, 0.25) is 5.02 Å². The van der Waals surface area contributed by atoms with Gasteiger partial charge < -0.3 is 14.6 Å². The lowest BCUT2D eigenvalue weighted by molar-refractivity contribution is 0.415. The molecule has 1 N–H and O–H groups in total. The summed E-state index contributed by atoms with van der Waals surface area (Å²) in [6, 6.07) is 6.15. The van der Waals surface area contributed by atoms with E-state index in [9.17, 15) is 0 Å². The van der Waals surface area contributed by atoms with E-state index in [4.69, 9.17) is 16.3 Å². The van der Waals surface area contributed by atoms with E-state index in [2.05, 4.69) is 14.9 Å². The minimum Gasteiger partial charge on any atom is -0.495 e. The molecule has 100 valence electrons. The highest BCUT2D eigenvalue weighted by molar-refractivity contribution is 6.32. The van der Waals surface area contributed by atoms with Crippen LogP contribution >= 0.6 is 11.6 Å². The van der Waals surface area contributed by atoms with E-state index < -0.39 is 0 Å². The first kappa shape index (κ1) is 12.5. The predicted octanol–water partition coefficient (Wildman–Crippen LogP) is 2.96. The number of nitrogens with one attached hydrogen (secondary N) is 1. The maximum absolute atomic E-state index is 6.18. The molecule has 0 bridgehead atoms. The van der Waals surface area contributed by atoms with Gasteiger partial charge in [-0.2, -0.15) is 0 Å². The number of rotatable bonds is 3. The molecule has 1 atom stereocenters. The number of ether oxygens (including phenoxy) is 1. The summed E-state index contributed by atoms with van der Waals surface area (Å²) in [5.41, 5.74) is 2.19. The molecular formula is C14H16ClN3O. The van der Waals surface area contributed by atoms with Crippen molar-refractivity contribution < 1.29 is 4.74 Å². The van der Waals surface area contributed by atoms with E-state index in [0.717, 1.165) is 18.7 Å². The van der Waals surface area contributed by atoms with E-state index in [0.29, 0.717) is 16.8 Å². The molecule has 1 saturated heterocycles. The highest BCUT2D eigenvalue weighted by Crippen LogP contribution is 2.29. The van der Waals surface area contributed by atoms with Crippen LogP contribution in [-0.2, 0) is 0 Å². The molecule has 19 heavy (non-hydrogen) atoms. The fraction of sp³-hybridized carbons (Fsp3) is 0.357. The Morgan fingerprint density at radius 1 is 1.47 bits per heavy atom. The molecule has 2 aromatic rings. The topological polar surface area (TPSA) is 39.1 Å². The van der Waals surface area contributed by atoms with E-state index in [1.807, 2.05) is 30.7 Å². The Morgan fingerprint density at radius 2 is 2.37 bits per heavy atom. The minimum absolute atomic E-state index is 0.378. The molecule has 1 aromatic carbocycles. The third-order valence-corrected chi connectivity index (χ3v) is 3.79. The molecule has 4 nitrogen and oxygen atoms in total. The van der Waals surface area contributed by atoms with Gasteiger partial charge in [0.15, 0.2) is 0 Å². The maximum Gasteiger partial charge on any atom is 0.137 e. The van der Waals surface area contributed by atoms with Crippen LogP contribution in [0.1, 0.15) is 24.6 Å². The largest absolute Gasteiger partial charge is 0.495 e. The predicted molar refractivity (Wildman–Crippen MR) is 75.1 cm³/mol. The highest BCUT2D eigenvalue weighted by Gasteiger charge is 2.20. The number of halogens is 1. The molecule has 1 aliphatic rings. The molecule has 1 aromatic heterocycles. The monoisotopic (exact) mass is 277 g/mol. The van der Waals surface area contributed by atoms with Crippen molar-refractivity contribution in [3.05, 3.63) is 41.4 Å². The SMILES string of the molecule is COc1ccc(-n2cncc2[C@@H]2CCCN2)cc1Cl. The van der Waals surface area contributed by atoms with Crippen molar-refractivity contribution in [3.8, 4) is 11.4 Å². The average Bonchev–Trinajstić information content (AvgIpc) is 3.09. The fourth-order valence-corrected chi connectivity index (χ4v) is 2.77. The normalized spacial score (nSPS) is 18.7. The summed E-state index contributed by atoms with van der Waals surface area (Å²) in [4.78, 5) is 4.26. The first-order chi connectivity index (χ1) is 9.29.